The van der Waals surface area contributed by atoms with E-state index in [1.54, 1.807) is 11.0 Å². The van der Waals surface area contributed by atoms with Gasteiger partial charge in [0.1, 0.15) is 5.82 Å². The summed E-state index contributed by atoms with van der Waals surface area (Å²) in [4.78, 5) is 16.9. The molecule has 0 aliphatic heterocycles. The van der Waals surface area contributed by atoms with Gasteiger partial charge in [0.15, 0.2) is 0 Å². The number of hydrogen-bond acceptors (Lipinski definition) is 2. The summed E-state index contributed by atoms with van der Waals surface area (Å²) in [5.74, 6) is -0.290. The Labute approximate surface area is 143 Å². The average Bonchev–Trinajstić information content (AvgIpc) is 2.53. The monoisotopic (exact) mass is 328 g/mol. The molecule has 24 heavy (non-hydrogen) atoms. The van der Waals surface area contributed by atoms with Gasteiger partial charge >= 0.3 is 0 Å². The van der Waals surface area contributed by atoms with E-state index in [0.29, 0.717) is 18.7 Å². The third kappa shape index (κ3) is 4.90. The normalized spacial score (nSPS) is 10.9. The summed E-state index contributed by atoms with van der Waals surface area (Å²) in [7, 11) is 3.95. The van der Waals surface area contributed by atoms with Gasteiger partial charge in [0.25, 0.3) is 5.91 Å². The van der Waals surface area contributed by atoms with E-state index < -0.39 is 0 Å². The van der Waals surface area contributed by atoms with E-state index in [4.69, 9.17) is 0 Å². The van der Waals surface area contributed by atoms with Gasteiger partial charge in [-0.3, -0.25) is 4.79 Å². The number of hydrogen-bond donors (Lipinski definition) is 0. The van der Waals surface area contributed by atoms with Crippen molar-refractivity contribution < 1.29 is 9.18 Å². The highest BCUT2D eigenvalue weighted by Gasteiger charge is 2.18. The van der Waals surface area contributed by atoms with Gasteiger partial charge in [0.05, 0.1) is 0 Å². The molecule has 0 radical (unpaired) electrons. The number of carbonyl (C=O) groups is 1. The molecule has 0 aromatic heterocycles. The van der Waals surface area contributed by atoms with Crippen LogP contribution in [0.4, 0.5) is 4.39 Å². The molecule has 0 bridgehead atoms. The van der Waals surface area contributed by atoms with Gasteiger partial charge < -0.3 is 9.80 Å². The minimum atomic E-state index is -0.278. The maximum absolute atomic E-state index is 13.5. The lowest BCUT2D eigenvalue weighted by molar-refractivity contribution is 0.0731. The van der Waals surface area contributed by atoms with E-state index >= 15 is 0 Å². The Hall–Kier alpha value is -2.20. The Morgan fingerprint density at radius 1 is 1.04 bits per heavy atom. The van der Waals surface area contributed by atoms with E-state index in [2.05, 4.69) is 0 Å². The second kappa shape index (κ2) is 8.06. The summed E-state index contributed by atoms with van der Waals surface area (Å²) in [5, 5.41) is 0. The Bertz CT molecular complexity index is 713. The van der Waals surface area contributed by atoms with Crippen LogP contribution in [0, 0.1) is 19.7 Å². The molecule has 1 amide bonds. The summed E-state index contributed by atoms with van der Waals surface area (Å²) < 4.78 is 13.5. The molecular weight excluding hydrogens is 303 g/mol. The van der Waals surface area contributed by atoms with E-state index in [1.807, 2.05) is 57.1 Å². The molecule has 0 heterocycles. The van der Waals surface area contributed by atoms with Gasteiger partial charge in [0.2, 0.25) is 0 Å². The van der Waals surface area contributed by atoms with Crippen molar-refractivity contribution in [2.75, 3.05) is 27.2 Å². The molecule has 0 atom stereocenters. The SMILES string of the molecule is Cc1ccc(C)c(C(=O)N(CCN(C)C)Cc2cccc(F)c2)c1. The topological polar surface area (TPSA) is 23.6 Å². The van der Waals surface area contributed by atoms with Crippen molar-refractivity contribution in [2.24, 2.45) is 0 Å². The zero-order chi connectivity index (χ0) is 17.7. The van der Waals surface area contributed by atoms with Crippen molar-refractivity contribution in [1.29, 1.82) is 0 Å². The first-order valence-electron chi connectivity index (χ1n) is 8.12. The molecule has 128 valence electrons. The summed E-state index contributed by atoms with van der Waals surface area (Å²) in [5.41, 5.74) is 3.53. The minimum Gasteiger partial charge on any atom is -0.333 e. The lowest BCUT2D eigenvalue weighted by Gasteiger charge is -2.25. The van der Waals surface area contributed by atoms with Crippen LogP contribution in [-0.2, 0) is 6.54 Å². The van der Waals surface area contributed by atoms with E-state index in [-0.39, 0.29) is 11.7 Å². The maximum atomic E-state index is 13.5. The molecule has 2 aromatic carbocycles. The lowest BCUT2D eigenvalue weighted by atomic mass is 10.0. The van der Waals surface area contributed by atoms with Crippen LogP contribution < -0.4 is 0 Å². The predicted octanol–water partition coefficient (Wildman–Crippen LogP) is 3.65. The highest BCUT2D eigenvalue weighted by atomic mass is 19.1. The lowest BCUT2D eigenvalue weighted by Crippen LogP contribution is -2.36. The number of rotatable bonds is 6. The van der Waals surface area contributed by atoms with Crippen LogP contribution in [0.3, 0.4) is 0 Å². The molecule has 2 rings (SSSR count). The van der Waals surface area contributed by atoms with Crippen molar-refractivity contribution in [3.8, 4) is 0 Å². The second-order valence-electron chi connectivity index (χ2n) is 6.48. The van der Waals surface area contributed by atoms with E-state index in [9.17, 15) is 9.18 Å². The van der Waals surface area contributed by atoms with Crippen LogP contribution >= 0.6 is 0 Å². The second-order valence-corrected chi connectivity index (χ2v) is 6.48. The first kappa shape index (κ1) is 18.1. The molecule has 0 saturated heterocycles. The van der Waals surface area contributed by atoms with Gasteiger partial charge in [-0.1, -0.05) is 29.8 Å². The molecule has 0 aliphatic rings. The van der Waals surface area contributed by atoms with Gasteiger partial charge in [0, 0.05) is 25.2 Å². The van der Waals surface area contributed by atoms with Crippen molar-refractivity contribution >= 4 is 5.91 Å². The van der Waals surface area contributed by atoms with E-state index in [0.717, 1.165) is 23.2 Å². The van der Waals surface area contributed by atoms with Crippen LogP contribution in [0.15, 0.2) is 42.5 Å². The minimum absolute atomic E-state index is 0.0117. The number of carbonyl (C=O) groups excluding carboxylic acids is 1. The Morgan fingerprint density at radius 3 is 2.46 bits per heavy atom. The highest BCUT2D eigenvalue weighted by Crippen LogP contribution is 2.16. The third-order valence-corrected chi connectivity index (χ3v) is 3.99. The number of aryl methyl sites for hydroxylation is 2. The predicted molar refractivity (Wildman–Crippen MR) is 95.6 cm³/mol. The highest BCUT2D eigenvalue weighted by molar-refractivity contribution is 5.95. The fourth-order valence-corrected chi connectivity index (χ4v) is 2.57. The maximum Gasteiger partial charge on any atom is 0.254 e. The average molecular weight is 328 g/mol. The van der Waals surface area contributed by atoms with Gasteiger partial charge in [-0.15, -0.1) is 0 Å². The number of benzene rings is 2. The van der Waals surface area contributed by atoms with Crippen LogP contribution in [0.1, 0.15) is 27.0 Å². The van der Waals surface area contributed by atoms with Crippen LogP contribution in [0.5, 0.6) is 0 Å². The summed E-state index contributed by atoms with van der Waals surface area (Å²) >= 11 is 0. The molecule has 0 spiro atoms. The van der Waals surface area contributed by atoms with Gasteiger partial charge in [-0.2, -0.15) is 0 Å². The number of likely N-dealkylation sites (N-methyl/N-ethyl adjacent to an activating group) is 1. The first-order valence-corrected chi connectivity index (χ1v) is 8.12. The third-order valence-electron chi connectivity index (χ3n) is 3.99. The van der Waals surface area contributed by atoms with Crippen LogP contribution in [0.25, 0.3) is 0 Å². The largest absolute Gasteiger partial charge is 0.333 e. The molecule has 4 heteroatoms. The fourth-order valence-electron chi connectivity index (χ4n) is 2.57. The Balaban J connectivity index is 2.27. The zero-order valence-electron chi connectivity index (χ0n) is 14.8. The summed E-state index contributed by atoms with van der Waals surface area (Å²) in [6.07, 6.45) is 0. The quantitative estimate of drug-likeness (QED) is 0.808. The smallest absolute Gasteiger partial charge is 0.254 e. The molecule has 0 unspecified atom stereocenters. The summed E-state index contributed by atoms with van der Waals surface area (Å²) in [6.45, 7) is 5.67. The first-order chi connectivity index (χ1) is 11.4. The molecule has 0 fully saturated rings. The molecular formula is C20H25FN2O. The van der Waals surface area contributed by atoms with Gasteiger partial charge in [-0.25, -0.2) is 4.39 Å². The standard InChI is InChI=1S/C20H25FN2O/c1-15-8-9-16(2)19(12-15)20(24)23(11-10-22(3)4)14-17-6-5-7-18(21)13-17/h5-9,12-13H,10-11,14H2,1-4H3. The fraction of sp³-hybridized carbons (Fsp3) is 0.350. The number of nitrogens with zero attached hydrogens (tertiary/aromatic N) is 2. The summed E-state index contributed by atoms with van der Waals surface area (Å²) in [6, 6.07) is 12.3. The van der Waals surface area contributed by atoms with Crippen molar-refractivity contribution in [2.45, 2.75) is 20.4 Å². The Morgan fingerprint density at radius 2 is 1.79 bits per heavy atom. The number of amides is 1. The zero-order valence-corrected chi connectivity index (χ0v) is 14.8. The van der Waals surface area contributed by atoms with Crippen molar-refractivity contribution in [3.63, 3.8) is 0 Å². The van der Waals surface area contributed by atoms with Crippen LogP contribution in [0.2, 0.25) is 0 Å². The molecule has 0 aliphatic carbocycles. The van der Waals surface area contributed by atoms with Crippen LogP contribution in [-0.4, -0.2) is 42.9 Å². The Kier molecular flexibility index (Phi) is 6.10. The molecule has 0 saturated carbocycles. The molecule has 0 N–H and O–H groups in total. The van der Waals surface area contributed by atoms with E-state index in [1.165, 1.54) is 12.1 Å². The van der Waals surface area contributed by atoms with Crippen molar-refractivity contribution in [1.82, 2.24) is 9.80 Å². The molecule has 3 nitrogen and oxygen atoms in total. The van der Waals surface area contributed by atoms with Gasteiger partial charge in [-0.05, 0) is 57.3 Å². The van der Waals surface area contributed by atoms with Crippen molar-refractivity contribution in [3.05, 3.63) is 70.5 Å². The number of halogens is 1. The molecule has 2 aromatic rings.